The molecule has 0 spiro atoms. The molecular formula is C17H21N3O2. The minimum Gasteiger partial charge on any atom is -0.454 e. The van der Waals surface area contributed by atoms with Crippen molar-refractivity contribution < 1.29 is 9.47 Å². The summed E-state index contributed by atoms with van der Waals surface area (Å²) in [6.07, 6.45) is 0. The number of ether oxygens (including phenoxy) is 2. The zero-order valence-corrected chi connectivity index (χ0v) is 13.1. The molecule has 5 nitrogen and oxygen atoms in total. The molecule has 22 heavy (non-hydrogen) atoms. The van der Waals surface area contributed by atoms with Gasteiger partial charge in [-0.2, -0.15) is 0 Å². The molecule has 0 bridgehead atoms. The summed E-state index contributed by atoms with van der Waals surface area (Å²) in [5, 5.41) is 1.09. The van der Waals surface area contributed by atoms with Crippen molar-refractivity contribution in [1.29, 1.82) is 0 Å². The maximum absolute atomic E-state index is 5.45. The standard InChI is InChI=1S/C17H21N3O2/c1-12(2)19-5-7-20(8-6-19)17-4-3-13-9-15-16(22-11-21-15)10-14(13)18-17/h3-4,9-10,12H,5-8,11H2,1-2H3. The molecule has 0 saturated carbocycles. The first-order valence-corrected chi connectivity index (χ1v) is 7.90. The maximum Gasteiger partial charge on any atom is 0.231 e. The molecule has 0 unspecified atom stereocenters. The van der Waals surface area contributed by atoms with Gasteiger partial charge in [-0.15, -0.1) is 0 Å². The zero-order valence-electron chi connectivity index (χ0n) is 13.1. The molecule has 1 saturated heterocycles. The van der Waals surface area contributed by atoms with Gasteiger partial charge in [0.2, 0.25) is 6.79 Å². The Morgan fingerprint density at radius 2 is 1.73 bits per heavy atom. The first kappa shape index (κ1) is 13.6. The fourth-order valence-electron chi connectivity index (χ4n) is 3.15. The van der Waals surface area contributed by atoms with E-state index in [-0.39, 0.29) is 0 Å². The van der Waals surface area contributed by atoms with Gasteiger partial charge in [-0.3, -0.25) is 4.90 Å². The lowest BCUT2D eigenvalue weighted by Crippen LogP contribution is -2.49. The fraction of sp³-hybridized carbons (Fsp3) is 0.471. The van der Waals surface area contributed by atoms with E-state index in [9.17, 15) is 0 Å². The van der Waals surface area contributed by atoms with Crippen LogP contribution in [0.25, 0.3) is 10.9 Å². The summed E-state index contributed by atoms with van der Waals surface area (Å²) in [5.41, 5.74) is 0.966. The van der Waals surface area contributed by atoms with E-state index in [0.29, 0.717) is 12.8 Å². The quantitative estimate of drug-likeness (QED) is 0.852. The number of piperazine rings is 1. The Kier molecular flexibility index (Phi) is 3.30. The second kappa shape index (κ2) is 5.32. The zero-order chi connectivity index (χ0) is 15.1. The third kappa shape index (κ3) is 2.35. The molecule has 0 amide bonds. The third-order valence-corrected chi connectivity index (χ3v) is 4.54. The molecular weight excluding hydrogens is 278 g/mol. The lowest BCUT2D eigenvalue weighted by molar-refractivity contribution is 0.174. The summed E-state index contributed by atoms with van der Waals surface area (Å²) >= 11 is 0. The van der Waals surface area contributed by atoms with E-state index in [1.807, 2.05) is 12.1 Å². The van der Waals surface area contributed by atoms with Crippen LogP contribution in [0.2, 0.25) is 0 Å². The molecule has 4 rings (SSSR count). The van der Waals surface area contributed by atoms with Gasteiger partial charge in [0.25, 0.3) is 0 Å². The topological polar surface area (TPSA) is 37.8 Å². The van der Waals surface area contributed by atoms with Gasteiger partial charge >= 0.3 is 0 Å². The number of anilines is 1. The van der Waals surface area contributed by atoms with Gasteiger partial charge < -0.3 is 14.4 Å². The monoisotopic (exact) mass is 299 g/mol. The Labute approximate surface area is 130 Å². The highest BCUT2D eigenvalue weighted by Gasteiger charge is 2.20. The molecule has 1 fully saturated rings. The van der Waals surface area contributed by atoms with Crippen molar-refractivity contribution in [3.63, 3.8) is 0 Å². The van der Waals surface area contributed by atoms with Gasteiger partial charge in [-0.1, -0.05) is 0 Å². The molecule has 2 aliphatic rings. The summed E-state index contributed by atoms with van der Waals surface area (Å²) < 4.78 is 10.9. The van der Waals surface area contributed by atoms with Crippen molar-refractivity contribution in [3.05, 3.63) is 24.3 Å². The highest BCUT2D eigenvalue weighted by atomic mass is 16.7. The van der Waals surface area contributed by atoms with Gasteiger partial charge in [0, 0.05) is 43.7 Å². The van der Waals surface area contributed by atoms with E-state index in [2.05, 4.69) is 35.8 Å². The summed E-state index contributed by atoms with van der Waals surface area (Å²) in [5.74, 6) is 2.66. The van der Waals surface area contributed by atoms with E-state index in [1.165, 1.54) is 0 Å². The molecule has 0 radical (unpaired) electrons. The average Bonchev–Trinajstić information content (AvgIpc) is 2.99. The van der Waals surface area contributed by atoms with E-state index >= 15 is 0 Å². The van der Waals surface area contributed by atoms with E-state index < -0.39 is 0 Å². The van der Waals surface area contributed by atoms with Crippen LogP contribution in [0.15, 0.2) is 24.3 Å². The summed E-state index contributed by atoms with van der Waals surface area (Å²) in [6.45, 7) is 9.06. The van der Waals surface area contributed by atoms with Crippen LogP contribution in [0.5, 0.6) is 11.5 Å². The minimum absolute atomic E-state index is 0.301. The van der Waals surface area contributed by atoms with E-state index in [1.54, 1.807) is 0 Å². The van der Waals surface area contributed by atoms with Gasteiger partial charge in [0.1, 0.15) is 5.82 Å². The number of benzene rings is 1. The molecule has 0 aliphatic carbocycles. The van der Waals surface area contributed by atoms with Crippen molar-refractivity contribution in [2.75, 3.05) is 37.9 Å². The van der Waals surface area contributed by atoms with E-state index in [4.69, 9.17) is 14.5 Å². The third-order valence-electron chi connectivity index (χ3n) is 4.54. The average molecular weight is 299 g/mol. The molecule has 3 heterocycles. The maximum atomic E-state index is 5.45. The van der Waals surface area contributed by atoms with Gasteiger partial charge in [0.05, 0.1) is 5.52 Å². The molecule has 0 N–H and O–H groups in total. The fourth-order valence-corrected chi connectivity index (χ4v) is 3.15. The predicted octanol–water partition coefficient (Wildman–Crippen LogP) is 2.49. The van der Waals surface area contributed by atoms with Crippen LogP contribution in [-0.4, -0.2) is 48.9 Å². The minimum atomic E-state index is 0.301. The number of hydrogen-bond acceptors (Lipinski definition) is 5. The summed E-state index contributed by atoms with van der Waals surface area (Å²) in [4.78, 5) is 9.69. The first-order chi connectivity index (χ1) is 10.7. The van der Waals surface area contributed by atoms with Crippen LogP contribution in [0, 0.1) is 0 Å². The smallest absolute Gasteiger partial charge is 0.231 e. The molecule has 116 valence electrons. The van der Waals surface area contributed by atoms with Crippen molar-refractivity contribution >= 4 is 16.7 Å². The largest absolute Gasteiger partial charge is 0.454 e. The Bertz CT molecular complexity index is 694. The van der Waals surface area contributed by atoms with Crippen LogP contribution < -0.4 is 14.4 Å². The van der Waals surface area contributed by atoms with Gasteiger partial charge in [-0.05, 0) is 32.0 Å². The normalized spacial score (nSPS) is 18.4. The molecule has 2 aliphatic heterocycles. The van der Waals surface area contributed by atoms with Crippen molar-refractivity contribution in [3.8, 4) is 11.5 Å². The van der Waals surface area contributed by atoms with Crippen LogP contribution in [0.3, 0.4) is 0 Å². The molecule has 1 aromatic carbocycles. The van der Waals surface area contributed by atoms with Crippen molar-refractivity contribution in [1.82, 2.24) is 9.88 Å². The highest BCUT2D eigenvalue weighted by Crippen LogP contribution is 2.36. The Morgan fingerprint density at radius 1 is 1.00 bits per heavy atom. The Morgan fingerprint density at radius 3 is 2.45 bits per heavy atom. The Hall–Kier alpha value is -2.01. The lowest BCUT2D eigenvalue weighted by Gasteiger charge is -2.37. The van der Waals surface area contributed by atoms with Crippen LogP contribution in [0.1, 0.15) is 13.8 Å². The first-order valence-electron chi connectivity index (χ1n) is 7.90. The second-order valence-corrected chi connectivity index (χ2v) is 6.18. The van der Waals surface area contributed by atoms with Crippen molar-refractivity contribution in [2.24, 2.45) is 0 Å². The number of fused-ring (bicyclic) bond motifs is 2. The number of pyridine rings is 1. The molecule has 2 aromatic rings. The Balaban J connectivity index is 1.59. The number of aromatic nitrogens is 1. The van der Waals surface area contributed by atoms with E-state index in [0.717, 1.165) is 54.4 Å². The molecule has 5 heteroatoms. The van der Waals surface area contributed by atoms with Crippen LogP contribution >= 0.6 is 0 Å². The number of nitrogens with zero attached hydrogens (tertiary/aromatic N) is 3. The summed E-state index contributed by atoms with van der Waals surface area (Å²) in [7, 11) is 0. The van der Waals surface area contributed by atoms with Crippen molar-refractivity contribution in [2.45, 2.75) is 19.9 Å². The number of hydrogen-bond donors (Lipinski definition) is 0. The summed E-state index contributed by atoms with van der Waals surface area (Å²) in [6, 6.07) is 8.83. The predicted molar refractivity (Wildman–Crippen MR) is 86.8 cm³/mol. The molecule has 1 aromatic heterocycles. The SMILES string of the molecule is CC(C)N1CCN(c2ccc3cc4c(cc3n2)OCO4)CC1. The van der Waals surface area contributed by atoms with Gasteiger partial charge in [0.15, 0.2) is 11.5 Å². The number of rotatable bonds is 2. The van der Waals surface area contributed by atoms with Crippen LogP contribution in [0.4, 0.5) is 5.82 Å². The second-order valence-electron chi connectivity index (χ2n) is 6.18. The highest BCUT2D eigenvalue weighted by molar-refractivity contribution is 5.84. The molecule has 0 atom stereocenters. The van der Waals surface area contributed by atoms with Gasteiger partial charge in [-0.25, -0.2) is 4.98 Å². The lowest BCUT2D eigenvalue weighted by atomic mass is 10.2. The van der Waals surface area contributed by atoms with Crippen LogP contribution in [-0.2, 0) is 0 Å².